The maximum absolute atomic E-state index is 13.3. The lowest BCUT2D eigenvalue weighted by molar-refractivity contribution is -0.769. The number of carbonyl (C=O) groups is 4. The van der Waals surface area contributed by atoms with E-state index in [9.17, 15) is 39.4 Å². The highest BCUT2D eigenvalue weighted by Crippen LogP contribution is 2.34. The zero-order valence-corrected chi connectivity index (χ0v) is 20.1. The van der Waals surface area contributed by atoms with Crippen molar-refractivity contribution < 1.29 is 39.0 Å². The molecule has 4 rings (SSSR count). The summed E-state index contributed by atoms with van der Waals surface area (Å²) in [6.45, 7) is 1.61. The van der Waals surface area contributed by atoms with Gasteiger partial charge in [-0.1, -0.05) is 0 Å². The third-order valence-electron chi connectivity index (χ3n) is 7.36. The van der Waals surface area contributed by atoms with Crippen LogP contribution in [-0.2, 0) is 14.5 Å². The van der Waals surface area contributed by atoms with Gasteiger partial charge >= 0.3 is 0 Å². The van der Waals surface area contributed by atoms with Gasteiger partial charge in [-0.25, -0.2) is 0 Å². The molecule has 0 unspecified atom stereocenters. The first-order valence-electron chi connectivity index (χ1n) is 12.0. The molecule has 0 N–H and O–H groups in total. The van der Waals surface area contributed by atoms with Crippen molar-refractivity contribution >= 4 is 24.1 Å². The van der Waals surface area contributed by atoms with Crippen LogP contribution in [0.3, 0.4) is 0 Å². The van der Waals surface area contributed by atoms with E-state index in [2.05, 4.69) is 9.68 Å². The minimum Gasteiger partial charge on any atom is -0.311 e. The van der Waals surface area contributed by atoms with Gasteiger partial charge in [-0.3, -0.25) is 29.0 Å². The van der Waals surface area contributed by atoms with Crippen LogP contribution in [0, 0.1) is 27.2 Å². The number of aryl methyl sites for hydroxylation is 1. The standard InChI is InChI=1S/C23H26N4O10/c1-13-10-19-20(23(31)25(22(19)30)15-4-8-17(9-5-15)37-27(34)35)11-18(13)21(29)24(12-28)14-2-6-16(7-3-14)36-26(32)33/h10-12,14-17H,2-9H2,1H3. The summed E-state index contributed by atoms with van der Waals surface area (Å²) >= 11 is 0. The second-order valence-corrected chi connectivity index (χ2v) is 9.53. The Balaban J connectivity index is 1.49. The molecule has 1 aromatic carbocycles. The van der Waals surface area contributed by atoms with Crippen molar-refractivity contribution in [1.29, 1.82) is 0 Å². The van der Waals surface area contributed by atoms with E-state index in [0.29, 0.717) is 63.3 Å². The molecular formula is C23H26N4O10. The van der Waals surface area contributed by atoms with Crippen LogP contribution in [0.1, 0.15) is 88.0 Å². The summed E-state index contributed by atoms with van der Waals surface area (Å²) in [6, 6.07) is 1.89. The zero-order chi connectivity index (χ0) is 26.9. The molecular weight excluding hydrogens is 492 g/mol. The Kier molecular flexibility index (Phi) is 7.36. The van der Waals surface area contributed by atoms with Crippen molar-refractivity contribution in [3.05, 3.63) is 54.6 Å². The topological polar surface area (TPSA) is 180 Å². The van der Waals surface area contributed by atoms with E-state index >= 15 is 0 Å². The predicted molar refractivity (Wildman–Crippen MR) is 122 cm³/mol. The molecule has 0 atom stereocenters. The Bertz CT molecular complexity index is 1140. The average molecular weight is 518 g/mol. The monoisotopic (exact) mass is 518 g/mol. The van der Waals surface area contributed by atoms with E-state index in [-0.39, 0.29) is 16.7 Å². The van der Waals surface area contributed by atoms with Gasteiger partial charge in [-0.2, -0.15) is 0 Å². The number of fused-ring (bicyclic) bond motifs is 1. The Labute approximate surface area is 210 Å². The van der Waals surface area contributed by atoms with E-state index in [1.807, 2.05) is 0 Å². The maximum Gasteiger partial charge on any atom is 0.294 e. The minimum atomic E-state index is -0.852. The van der Waals surface area contributed by atoms with Crippen LogP contribution in [-0.4, -0.2) is 68.4 Å². The highest BCUT2D eigenvalue weighted by molar-refractivity contribution is 6.22. The molecule has 1 aromatic rings. The highest BCUT2D eigenvalue weighted by atomic mass is 17.0. The predicted octanol–water partition coefficient (Wildman–Crippen LogP) is 2.23. The Hall–Kier alpha value is -4.10. The van der Waals surface area contributed by atoms with Crippen LogP contribution < -0.4 is 0 Å². The summed E-state index contributed by atoms with van der Waals surface area (Å²) in [6.07, 6.45) is 1.90. The lowest BCUT2D eigenvalue weighted by Gasteiger charge is -2.33. The third kappa shape index (κ3) is 5.22. The summed E-state index contributed by atoms with van der Waals surface area (Å²) in [5.41, 5.74) is 0.766. The SMILES string of the molecule is Cc1cc2c(cc1C(=O)N(C=O)C1CCC(O[N+](=O)[O-])CC1)C(=O)N(C1CCC(O[N+](=O)[O-])CC1)C2=O. The number of hydrogen-bond acceptors (Lipinski definition) is 10. The summed E-state index contributed by atoms with van der Waals surface area (Å²) < 4.78 is 0. The highest BCUT2D eigenvalue weighted by Gasteiger charge is 2.42. The Morgan fingerprint density at radius 1 is 0.919 bits per heavy atom. The number of carbonyl (C=O) groups excluding carboxylic acids is 4. The second-order valence-electron chi connectivity index (χ2n) is 9.53. The van der Waals surface area contributed by atoms with Crippen LogP contribution in [0.4, 0.5) is 0 Å². The van der Waals surface area contributed by atoms with Crippen molar-refractivity contribution in [1.82, 2.24) is 9.80 Å². The van der Waals surface area contributed by atoms with Crippen molar-refractivity contribution in [2.24, 2.45) is 0 Å². The van der Waals surface area contributed by atoms with Gasteiger partial charge in [-0.15, -0.1) is 20.2 Å². The van der Waals surface area contributed by atoms with E-state index in [1.54, 1.807) is 6.92 Å². The smallest absolute Gasteiger partial charge is 0.294 e. The molecule has 2 fully saturated rings. The van der Waals surface area contributed by atoms with Crippen LogP contribution in [0.25, 0.3) is 0 Å². The molecule has 1 aliphatic heterocycles. The van der Waals surface area contributed by atoms with Crippen LogP contribution in [0.5, 0.6) is 0 Å². The zero-order valence-electron chi connectivity index (χ0n) is 20.1. The number of benzene rings is 1. The molecule has 0 spiro atoms. The first kappa shape index (κ1) is 26.0. The van der Waals surface area contributed by atoms with Crippen molar-refractivity contribution in [3.8, 4) is 0 Å². The summed E-state index contributed by atoms with van der Waals surface area (Å²) in [5, 5.41) is 19.5. The molecule has 0 radical (unpaired) electrons. The van der Waals surface area contributed by atoms with E-state index < -0.39 is 52.2 Å². The van der Waals surface area contributed by atoms with Gasteiger partial charge < -0.3 is 9.68 Å². The maximum atomic E-state index is 13.3. The second kappa shape index (κ2) is 10.5. The van der Waals surface area contributed by atoms with Gasteiger partial charge in [0.1, 0.15) is 12.2 Å². The molecule has 37 heavy (non-hydrogen) atoms. The average Bonchev–Trinajstić information content (AvgIpc) is 3.08. The molecule has 2 aliphatic carbocycles. The van der Waals surface area contributed by atoms with E-state index in [0.717, 1.165) is 9.80 Å². The summed E-state index contributed by atoms with van der Waals surface area (Å²) in [4.78, 5) is 84.1. The van der Waals surface area contributed by atoms with Crippen molar-refractivity contribution in [2.75, 3.05) is 0 Å². The fourth-order valence-electron chi connectivity index (χ4n) is 5.50. The molecule has 3 aliphatic rings. The molecule has 198 valence electrons. The van der Waals surface area contributed by atoms with Crippen LogP contribution in [0.15, 0.2) is 12.1 Å². The lowest BCUT2D eigenvalue weighted by Crippen LogP contribution is -2.43. The van der Waals surface area contributed by atoms with Gasteiger partial charge in [-0.05, 0) is 76.0 Å². The van der Waals surface area contributed by atoms with Gasteiger partial charge in [0.05, 0.1) is 11.1 Å². The molecule has 14 nitrogen and oxygen atoms in total. The number of hydrogen-bond donors (Lipinski definition) is 0. The fraction of sp³-hybridized carbons (Fsp3) is 0.565. The Morgan fingerprint density at radius 3 is 1.89 bits per heavy atom. The fourth-order valence-corrected chi connectivity index (χ4v) is 5.50. The Morgan fingerprint density at radius 2 is 1.41 bits per heavy atom. The van der Waals surface area contributed by atoms with Gasteiger partial charge in [0.25, 0.3) is 27.9 Å². The molecule has 0 bridgehead atoms. The number of rotatable bonds is 8. The number of amides is 4. The third-order valence-corrected chi connectivity index (χ3v) is 7.36. The summed E-state index contributed by atoms with van der Waals surface area (Å²) in [7, 11) is 0. The normalized spacial score (nSPS) is 25.3. The largest absolute Gasteiger partial charge is 0.311 e. The van der Waals surface area contributed by atoms with Gasteiger partial charge in [0, 0.05) is 17.6 Å². The van der Waals surface area contributed by atoms with E-state index in [4.69, 9.17) is 0 Å². The number of imide groups is 2. The van der Waals surface area contributed by atoms with Crippen molar-refractivity contribution in [2.45, 2.75) is 82.6 Å². The van der Waals surface area contributed by atoms with Crippen LogP contribution >= 0.6 is 0 Å². The van der Waals surface area contributed by atoms with Crippen molar-refractivity contribution in [3.63, 3.8) is 0 Å². The first-order valence-corrected chi connectivity index (χ1v) is 12.0. The quantitative estimate of drug-likeness (QED) is 0.214. The molecule has 1 heterocycles. The molecule has 2 saturated carbocycles. The van der Waals surface area contributed by atoms with Crippen LogP contribution in [0.2, 0.25) is 0 Å². The molecule has 0 aromatic heterocycles. The number of nitrogens with zero attached hydrogens (tertiary/aromatic N) is 4. The molecule has 14 heteroatoms. The first-order chi connectivity index (χ1) is 17.6. The molecule has 4 amide bonds. The van der Waals surface area contributed by atoms with Gasteiger partial charge in [0.15, 0.2) is 0 Å². The van der Waals surface area contributed by atoms with E-state index in [1.165, 1.54) is 12.1 Å². The minimum absolute atomic E-state index is 0.0663. The summed E-state index contributed by atoms with van der Waals surface area (Å²) in [5.74, 6) is -1.66. The van der Waals surface area contributed by atoms with Gasteiger partial charge in [0.2, 0.25) is 6.41 Å². The molecule has 0 saturated heterocycles. The lowest BCUT2D eigenvalue weighted by atomic mass is 9.91.